The summed E-state index contributed by atoms with van der Waals surface area (Å²) in [7, 11) is 0. The van der Waals surface area contributed by atoms with Crippen LogP contribution in [0.3, 0.4) is 0 Å². The van der Waals surface area contributed by atoms with Crippen molar-refractivity contribution in [1.82, 2.24) is 24.9 Å². The average molecular weight is 407 g/mol. The molecule has 0 radical (unpaired) electrons. The number of nitrogens with one attached hydrogen (secondary N) is 1. The van der Waals surface area contributed by atoms with Crippen molar-refractivity contribution in [3.8, 4) is 0 Å². The smallest absolute Gasteiger partial charge is 0.306 e. The Morgan fingerprint density at radius 1 is 1.27 bits per heavy atom. The molecule has 0 saturated carbocycles. The van der Waals surface area contributed by atoms with E-state index in [4.69, 9.17) is 4.74 Å². The van der Waals surface area contributed by atoms with Gasteiger partial charge in [-0.3, -0.25) is 9.59 Å². The summed E-state index contributed by atoms with van der Waals surface area (Å²) in [6.07, 6.45) is 5.05. The molecule has 1 atom stereocenters. The van der Waals surface area contributed by atoms with Crippen LogP contribution in [0, 0.1) is 13.8 Å². The van der Waals surface area contributed by atoms with Crippen molar-refractivity contribution in [3.05, 3.63) is 58.7 Å². The number of carbonyl (C=O) groups excluding carboxylic acids is 2. The summed E-state index contributed by atoms with van der Waals surface area (Å²) in [6, 6.07) is 8.13. The minimum atomic E-state index is -0.410. The van der Waals surface area contributed by atoms with E-state index in [9.17, 15) is 9.59 Å². The molecule has 2 aromatic heterocycles. The van der Waals surface area contributed by atoms with Crippen LogP contribution in [0.25, 0.3) is 5.78 Å². The minimum Gasteiger partial charge on any atom is -0.456 e. The van der Waals surface area contributed by atoms with Crippen LogP contribution in [0.4, 0.5) is 0 Å². The van der Waals surface area contributed by atoms with Crippen LogP contribution < -0.4 is 5.32 Å². The molecule has 0 saturated heterocycles. The zero-order valence-corrected chi connectivity index (χ0v) is 17.2. The summed E-state index contributed by atoms with van der Waals surface area (Å²) in [4.78, 5) is 33.0. The highest BCUT2D eigenvalue weighted by Gasteiger charge is 2.22. The molecule has 8 nitrogen and oxygen atoms in total. The van der Waals surface area contributed by atoms with Crippen molar-refractivity contribution in [2.24, 2.45) is 0 Å². The molecule has 30 heavy (non-hydrogen) atoms. The number of fused-ring (bicyclic) bond motifs is 2. The first kappa shape index (κ1) is 20.0. The van der Waals surface area contributed by atoms with Gasteiger partial charge in [-0.1, -0.05) is 24.3 Å². The topological polar surface area (TPSA) is 98.5 Å². The second-order valence-electron chi connectivity index (χ2n) is 7.60. The summed E-state index contributed by atoms with van der Waals surface area (Å²) in [5, 5.41) is 7.15. The van der Waals surface area contributed by atoms with Crippen molar-refractivity contribution in [1.29, 1.82) is 0 Å². The van der Waals surface area contributed by atoms with Crippen molar-refractivity contribution in [3.63, 3.8) is 0 Å². The maximum atomic E-state index is 12.3. The van der Waals surface area contributed by atoms with E-state index in [0.29, 0.717) is 12.2 Å². The fraction of sp³-hybridized carbons (Fsp3) is 0.409. The van der Waals surface area contributed by atoms with Gasteiger partial charge >= 0.3 is 5.97 Å². The van der Waals surface area contributed by atoms with Gasteiger partial charge in [0.2, 0.25) is 0 Å². The lowest BCUT2D eigenvalue weighted by Gasteiger charge is -2.26. The van der Waals surface area contributed by atoms with E-state index >= 15 is 0 Å². The number of benzene rings is 1. The largest absolute Gasteiger partial charge is 0.456 e. The van der Waals surface area contributed by atoms with Gasteiger partial charge < -0.3 is 10.1 Å². The van der Waals surface area contributed by atoms with Crippen molar-refractivity contribution >= 4 is 17.7 Å². The first-order valence-corrected chi connectivity index (χ1v) is 10.2. The Morgan fingerprint density at radius 2 is 2.10 bits per heavy atom. The highest BCUT2D eigenvalue weighted by molar-refractivity contribution is 5.81. The maximum absolute atomic E-state index is 12.3. The second-order valence-corrected chi connectivity index (χ2v) is 7.60. The van der Waals surface area contributed by atoms with Crippen LogP contribution in [-0.4, -0.2) is 38.1 Å². The SMILES string of the molecule is Cc1nc2ncnn2c(C)c1CCC(=O)OCC(=O)NC1CCCc2ccccc21. The van der Waals surface area contributed by atoms with E-state index in [-0.39, 0.29) is 25.0 Å². The van der Waals surface area contributed by atoms with Gasteiger partial charge in [-0.25, -0.2) is 9.50 Å². The number of esters is 1. The fourth-order valence-corrected chi connectivity index (χ4v) is 4.10. The first-order chi connectivity index (χ1) is 14.5. The number of ether oxygens (including phenoxy) is 1. The van der Waals surface area contributed by atoms with Crippen LogP contribution in [0.1, 0.15) is 53.4 Å². The number of hydrogen-bond donors (Lipinski definition) is 1. The van der Waals surface area contributed by atoms with E-state index in [1.807, 2.05) is 26.0 Å². The second kappa shape index (κ2) is 8.61. The lowest BCUT2D eigenvalue weighted by atomic mass is 9.88. The Labute approximate surface area is 174 Å². The standard InChI is InChI=1S/C22H25N5O3/c1-14-17(15(2)27-22(25-14)23-13-24-27)10-11-21(29)30-12-20(28)26-19-9-5-7-16-6-3-4-8-18(16)19/h3-4,6,8,13,19H,5,7,9-12H2,1-2H3,(H,26,28). The molecule has 1 amide bonds. The summed E-state index contributed by atoms with van der Waals surface area (Å²) < 4.78 is 6.86. The molecule has 0 aliphatic heterocycles. The normalized spacial score (nSPS) is 15.6. The molecule has 4 rings (SSSR count). The molecule has 0 spiro atoms. The van der Waals surface area contributed by atoms with Gasteiger partial charge in [0.15, 0.2) is 6.61 Å². The van der Waals surface area contributed by atoms with Crippen molar-refractivity contribution < 1.29 is 14.3 Å². The molecule has 1 aromatic carbocycles. The molecule has 1 aliphatic rings. The molecule has 0 fully saturated rings. The molecule has 1 N–H and O–H groups in total. The van der Waals surface area contributed by atoms with E-state index in [2.05, 4.69) is 32.5 Å². The highest BCUT2D eigenvalue weighted by atomic mass is 16.5. The van der Waals surface area contributed by atoms with Crippen LogP contribution in [-0.2, 0) is 27.2 Å². The fourth-order valence-electron chi connectivity index (χ4n) is 4.10. The zero-order valence-electron chi connectivity index (χ0n) is 17.2. The van der Waals surface area contributed by atoms with Gasteiger partial charge in [-0.15, -0.1) is 0 Å². The third-order valence-electron chi connectivity index (χ3n) is 5.64. The quantitative estimate of drug-likeness (QED) is 0.630. The number of hydrogen-bond acceptors (Lipinski definition) is 6. The summed E-state index contributed by atoms with van der Waals surface area (Å²) in [5.41, 5.74) is 5.08. The van der Waals surface area contributed by atoms with Crippen LogP contribution in [0.15, 0.2) is 30.6 Å². The number of rotatable bonds is 6. The van der Waals surface area contributed by atoms with E-state index in [0.717, 1.165) is 41.8 Å². The molecule has 3 aromatic rings. The maximum Gasteiger partial charge on any atom is 0.306 e. The Morgan fingerprint density at radius 3 is 2.97 bits per heavy atom. The van der Waals surface area contributed by atoms with Gasteiger partial charge in [0.25, 0.3) is 11.7 Å². The third-order valence-corrected chi connectivity index (χ3v) is 5.64. The zero-order chi connectivity index (χ0) is 21.1. The minimum absolute atomic E-state index is 0.0214. The van der Waals surface area contributed by atoms with Gasteiger partial charge in [-0.2, -0.15) is 10.1 Å². The third kappa shape index (κ3) is 4.17. The lowest BCUT2D eigenvalue weighted by Crippen LogP contribution is -2.34. The molecule has 8 heteroatoms. The lowest BCUT2D eigenvalue weighted by molar-refractivity contribution is -0.148. The van der Waals surface area contributed by atoms with Crippen molar-refractivity contribution in [2.45, 2.75) is 52.0 Å². The monoisotopic (exact) mass is 407 g/mol. The highest BCUT2D eigenvalue weighted by Crippen LogP contribution is 2.29. The molecule has 0 bridgehead atoms. The molecule has 1 unspecified atom stereocenters. The van der Waals surface area contributed by atoms with Gasteiger partial charge in [0.1, 0.15) is 6.33 Å². The molecule has 2 heterocycles. The van der Waals surface area contributed by atoms with Crippen LogP contribution in [0.2, 0.25) is 0 Å². The van der Waals surface area contributed by atoms with E-state index in [1.165, 1.54) is 11.9 Å². The predicted octanol–water partition coefficient (Wildman–Crippen LogP) is 2.41. The van der Waals surface area contributed by atoms with Gasteiger partial charge in [0, 0.05) is 17.8 Å². The van der Waals surface area contributed by atoms with Crippen LogP contribution >= 0.6 is 0 Å². The molecule has 156 valence electrons. The number of nitrogens with zero attached hydrogens (tertiary/aromatic N) is 4. The Hall–Kier alpha value is -3.29. The average Bonchev–Trinajstić information content (AvgIpc) is 3.21. The summed E-state index contributed by atoms with van der Waals surface area (Å²) in [6.45, 7) is 3.54. The number of carbonyl (C=O) groups is 2. The predicted molar refractivity (Wildman–Crippen MR) is 110 cm³/mol. The van der Waals surface area contributed by atoms with Crippen molar-refractivity contribution in [2.75, 3.05) is 6.61 Å². The van der Waals surface area contributed by atoms with Gasteiger partial charge in [0.05, 0.1) is 6.04 Å². The Kier molecular flexibility index (Phi) is 5.74. The van der Waals surface area contributed by atoms with Crippen LogP contribution in [0.5, 0.6) is 0 Å². The Balaban J connectivity index is 1.29. The number of aromatic nitrogens is 4. The summed E-state index contributed by atoms with van der Waals surface area (Å²) >= 11 is 0. The Bertz CT molecular complexity index is 1090. The molecular weight excluding hydrogens is 382 g/mol. The van der Waals surface area contributed by atoms with E-state index in [1.54, 1.807) is 4.52 Å². The molecular formula is C22H25N5O3. The summed E-state index contributed by atoms with van der Waals surface area (Å²) in [5.74, 6) is -0.146. The molecule has 1 aliphatic carbocycles. The first-order valence-electron chi connectivity index (χ1n) is 10.2. The van der Waals surface area contributed by atoms with Gasteiger partial charge in [-0.05, 0) is 56.2 Å². The van der Waals surface area contributed by atoms with E-state index < -0.39 is 5.97 Å². The number of amides is 1. The number of aryl methyl sites for hydroxylation is 3.